The lowest BCUT2D eigenvalue weighted by Gasteiger charge is -2.36. The van der Waals surface area contributed by atoms with Crippen LogP contribution in [-0.2, 0) is 4.74 Å². The van der Waals surface area contributed by atoms with Crippen LogP contribution in [0.15, 0.2) is 51.8 Å². The van der Waals surface area contributed by atoms with Crippen molar-refractivity contribution in [3.8, 4) is 11.5 Å². The van der Waals surface area contributed by atoms with Gasteiger partial charge in [-0.05, 0) is 62.3 Å². The van der Waals surface area contributed by atoms with E-state index in [1.165, 1.54) is 11.1 Å². The van der Waals surface area contributed by atoms with E-state index in [1.54, 1.807) is 0 Å². The second kappa shape index (κ2) is 5.70. The molecular weight excluding hydrogens is 326 g/mol. The number of furan rings is 1. The molecule has 1 atom stereocenters. The van der Waals surface area contributed by atoms with Gasteiger partial charge in [0.1, 0.15) is 11.5 Å². The number of fused-ring (bicyclic) bond motifs is 2. The van der Waals surface area contributed by atoms with Crippen molar-refractivity contribution < 1.29 is 13.9 Å². The van der Waals surface area contributed by atoms with Gasteiger partial charge in [-0.25, -0.2) is 0 Å². The molecule has 1 aromatic carbocycles. The molecule has 3 aliphatic rings. The minimum absolute atomic E-state index is 0.474. The van der Waals surface area contributed by atoms with Crippen LogP contribution < -0.4 is 9.64 Å². The van der Waals surface area contributed by atoms with Crippen LogP contribution in [0.2, 0.25) is 0 Å². The summed E-state index contributed by atoms with van der Waals surface area (Å²) in [6.07, 6.45) is 5.60. The van der Waals surface area contributed by atoms with E-state index in [9.17, 15) is 0 Å². The highest BCUT2D eigenvalue weighted by Crippen LogP contribution is 2.52. The van der Waals surface area contributed by atoms with E-state index in [2.05, 4.69) is 43.0 Å². The van der Waals surface area contributed by atoms with Crippen molar-refractivity contribution in [2.75, 3.05) is 11.5 Å². The number of anilines is 2. The second-order valence-electron chi connectivity index (χ2n) is 7.55. The van der Waals surface area contributed by atoms with Gasteiger partial charge in [-0.15, -0.1) is 0 Å². The number of rotatable bonds is 1. The normalized spacial score (nSPS) is 21.3. The molecule has 0 saturated heterocycles. The number of hydrogen-bond acceptors (Lipinski definition) is 4. The van der Waals surface area contributed by atoms with Crippen LogP contribution in [0.4, 0.5) is 11.6 Å². The monoisotopic (exact) mass is 349 g/mol. The van der Waals surface area contributed by atoms with E-state index < -0.39 is 0 Å². The van der Waals surface area contributed by atoms with Crippen LogP contribution in [0.3, 0.4) is 0 Å². The number of nitrogens with zero attached hydrogens (tertiary/aromatic N) is 1. The molecule has 0 radical (unpaired) electrons. The SMILES string of the molecule is Cc1ccc2c(c1)Oc1cc(C)oc1N2C1=CC(C)CC2=C1OCCC2. The van der Waals surface area contributed by atoms with Gasteiger partial charge in [-0.2, -0.15) is 0 Å². The number of benzene rings is 1. The van der Waals surface area contributed by atoms with Crippen LogP contribution >= 0.6 is 0 Å². The largest absolute Gasteiger partial charge is 0.491 e. The predicted octanol–water partition coefficient (Wildman–Crippen LogP) is 6.13. The number of ether oxygens (including phenoxy) is 2. The third-order valence-corrected chi connectivity index (χ3v) is 5.26. The van der Waals surface area contributed by atoms with Crippen molar-refractivity contribution in [2.24, 2.45) is 5.92 Å². The van der Waals surface area contributed by atoms with Crippen LogP contribution in [0, 0.1) is 19.8 Å². The second-order valence-corrected chi connectivity index (χ2v) is 7.55. The average Bonchev–Trinajstić information content (AvgIpc) is 2.98. The van der Waals surface area contributed by atoms with Gasteiger partial charge in [0.15, 0.2) is 11.5 Å². The maximum atomic E-state index is 6.14. The zero-order valence-electron chi connectivity index (χ0n) is 15.5. The molecule has 0 fully saturated rings. The highest BCUT2D eigenvalue weighted by atomic mass is 16.5. The van der Waals surface area contributed by atoms with E-state index in [0.29, 0.717) is 5.92 Å². The maximum Gasteiger partial charge on any atom is 0.248 e. The molecule has 1 aromatic heterocycles. The summed E-state index contributed by atoms with van der Waals surface area (Å²) in [7, 11) is 0. The summed E-state index contributed by atoms with van der Waals surface area (Å²) < 4.78 is 18.3. The third kappa shape index (κ3) is 2.36. The first-order valence-corrected chi connectivity index (χ1v) is 9.36. The molecule has 4 nitrogen and oxygen atoms in total. The molecule has 0 bridgehead atoms. The smallest absolute Gasteiger partial charge is 0.248 e. The summed E-state index contributed by atoms with van der Waals surface area (Å²) in [4.78, 5) is 2.18. The Morgan fingerprint density at radius 2 is 2.00 bits per heavy atom. The Kier molecular flexibility index (Phi) is 3.42. The molecule has 2 aromatic rings. The Bertz CT molecular complexity index is 950. The fourth-order valence-electron chi connectivity index (χ4n) is 4.16. The van der Waals surface area contributed by atoms with Crippen molar-refractivity contribution >= 4 is 11.6 Å². The molecule has 2 aliphatic heterocycles. The molecule has 1 unspecified atom stereocenters. The summed E-state index contributed by atoms with van der Waals surface area (Å²) in [5, 5.41) is 0. The van der Waals surface area contributed by atoms with Gasteiger partial charge in [-0.1, -0.05) is 19.1 Å². The summed E-state index contributed by atoms with van der Waals surface area (Å²) in [6, 6.07) is 8.25. The van der Waals surface area contributed by atoms with Gasteiger partial charge in [0.2, 0.25) is 5.88 Å². The van der Waals surface area contributed by atoms with E-state index in [4.69, 9.17) is 13.9 Å². The van der Waals surface area contributed by atoms with Gasteiger partial charge in [0.25, 0.3) is 0 Å². The van der Waals surface area contributed by atoms with E-state index >= 15 is 0 Å². The molecule has 3 heterocycles. The summed E-state index contributed by atoms with van der Waals surface area (Å²) in [5.74, 6) is 4.70. The first kappa shape index (κ1) is 15.6. The van der Waals surface area contributed by atoms with E-state index in [1.807, 2.05) is 13.0 Å². The van der Waals surface area contributed by atoms with Crippen LogP contribution in [-0.4, -0.2) is 6.61 Å². The highest BCUT2D eigenvalue weighted by molar-refractivity contribution is 5.80. The van der Waals surface area contributed by atoms with Crippen LogP contribution in [0.5, 0.6) is 11.5 Å². The standard InChI is InChI=1S/C22H23NO3/c1-13-6-7-17-19(11-13)26-20-12-15(3)25-22(20)23(17)18-10-14(2)9-16-5-4-8-24-21(16)18/h6-7,10-12,14H,4-5,8-9H2,1-3H3. The van der Waals surface area contributed by atoms with Gasteiger partial charge in [0, 0.05) is 6.07 Å². The minimum atomic E-state index is 0.474. The van der Waals surface area contributed by atoms with Gasteiger partial charge < -0.3 is 13.9 Å². The Morgan fingerprint density at radius 1 is 1.12 bits per heavy atom. The molecule has 0 amide bonds. The zero-order chi connectivity index (χ0) is 17.8. The number of allylic oxidation sites excluding steroid dienone is 2. The molecule has 5 rings (SSSR count). The maximum absolute atomic E-state index is 6.14. The molecule has 0 N–H and O–H groups in total. The number of aryl methyl sites for hydroxylation is 2. The van der Waals surface area contributed by atoms with Gasteiger partial charge >= 0.3 is 0 Å². The Hall–Kier alpha value is -2.62. The lowest BCUT2D eigenvalue weighted by atomic mass is 9.88. The molecule has 4 heteroatoms. The highest BCUT2D eigenvalue weighted by Gasteiger charge is 2.36. The third-order valence-electron chi connectivity index (χ3n) is 5.26. The number of hydrogen-bond donors (Lipinski definition) is 0. The molecule has 0 spiro atoms. The molecule has 26 heavy (non-hydrogen) atoms. The summed E-state index contributed by atoms with van der Waals surface area (Å²) >= 11 is 0. The first-order chi connectivity index (χ1) is 12.6. The fourth-order valence-corrected chi connectivity index (χ4v) is 4.16. The average molecular weight is 349 g/mol. The molecular formula is C22H23NO3. The van der Waals surface area contributed by atoms with E-state index in [-0.39, 0.29) is 0 Å². The fraction of sp³-hybridized carbons (Fsp3) is 0.364. The van der Waals surface area contributed by atoms with E-state index in [0.717, 1.165) is 66.2 Å². The lowest BCUT2D eigenvalue weighted by molar-refractivity contribution is 0.188. The lowest BCUT2D eigenvalue weighted by Crippen LogP contribution is -2.27. The zero-order valence-corrected chi connectivity index (χ0v) is 15.5. The summed E-state index contributed by atoms with van der Waals surface area (Å²) in [6.45, 7) is 7.08. The Labute approximate surface area is 153 Å². The van der Waals surface area contributed by atoms with Crippen LogP contribution in [0.25, 0.3) is 0 Å². The van der Waals surface area contributed by atoms with Crippen molar-refractivity contribution in [3.63, 3.8) is 0 Å². The van der Waals surface area contributed by atoms with Gasteiger partial charge in [-0.3, -0.25) is 4.90 Å². The molecule has 1 aliphatic carbocycles. The van der Waals surface area contributed by atoms with Crippen molar-refractivity contribution in [3.05, 3.63) is 58.7 Å². The molecule has 134 valence electrons. The summed E-state index contributed by atoms with van der Waals surface area (Å²) in [5.41, 5.74) is 4.68. The topological polar surface area (TPSA) is 34.8 Å². The first-order valence-electron chi connectivity index (χ1n) is 9.36. The predicted molar refractivity (Wildman–Crippen MR) is 101 cm³/mol. The quantitative estimate of drug-likeness (QED) is 0.620. The van der Waals surface area contributed by atoms with Crippen LogP contribution in [0.1, 0.15) is 37.5 Å². The van der Waals surface area contributed by atoms with Crippen molar-refractivity contribution in [1.29, 1.82) is 0 Å². The molecule has 0 saturated carbocycles. The Morgan fingerprint density at radius 3 is 2.88 bits per heavy atom. The minimum Gasteiger partial charge on any atom is -0.491 e. The van der Waals surface area contributed by atoms with Crippen molar-refractivity contribution in [2.45, 2.75) is 40.0 Å². The van der Waals surface area contributed by atoms with Crippen molar-refractivity contribution in [1.82, 2.24) is 0 Å². The van der Waals surface area contributed by atoms with Gasteiger partial charge in [0.05, 0.1) is 18.0 Å². The Balaban J connectivity index is 1.72.